The van der Waals surface area contributed by atoms with Gasteiger partial charge in [-0.3, -0.25) is 4.79 Å². The van der Waals surface area contributed by atoms with Crippen LogP contribution in [0.15, 0.2) is 0 Å². The molecule has 0 heterocycles. The van der Waals surface area contributed by atoms with Crippen LogP contribution in [0.5, 0.6) is 0 Å². The van der Waals surface area contributed by atoms with Crippen LogP contribution >= 0.6 is 0 Å². The highest BCUT2D eigenvalue weighted by atomic mass is 16.4. The Morgan fingerprint density at radius 2 is 2.18 bits per heavy atom. The normalized spacial score (nSPS) is 29.5. The van der Waals surface area contributed by atoms with Crippen molar-refractivity contribution in [3.05, 3.63) is 0 Å². The lowest BCUT2D eigenvalue weighted by Crippen LogP contribution is -2.30. The molecule has 1 N–H and O–H groups in total. The highest BCUT2D eigenvalue weighted by Crippen LogP contribution is 2.36. The molecule has 0 radical (unpaired) electrons. The van der Waals surface area contributed by atoms with Crippen LogP contribution in [-0.4, -0.2) is 11.1 Å². The molecule has 1 fully saturated rings. The fourth-order valence-corrected chi connectivity index (χ4v) is 1.67. The zero-order valence-corrected chi connectivity index (χ0v) is 7.05. The largest absolute Gasteiger partial charge is 0.481 e. The summed E-state index contributed by atoms with van der Waals surface area (Å²) in [6, 6.07) is 0. The van der Waals surface area contributed by atoms with E-state index < -0.39 is 5.97 Å². The topological polar surface area (TPSA) is 37.3 Å². The SMILES string of the molecule is CCCC[C@H]1C[C@H](C(=O)O)C1. The van der Waals surface area contributed by atoms with Gasteiger partial charge in [0.05, 0.1) is 5.92 Å². The van der Waals surface area contributed by atoms with Crippen LogP contribution in [0.4, 0.5) is 0 Å². The van der Waals surface area contributed by atoms with Gasteiger partial charge in [-0.05, 0) is 18.8 Å². The highest BCUT2D eigenvalue weighted by Gasteiger charge is 2.33. The average Bonchev–Trinajstić information content (AvgIpc) is 1.84. The van der Waals surface area contributed by atoms with E-state index in [0.717, 1.165) is 18.8 Å². The first kappa shape index (κ1) is 8.57. The Morgan fingerprint density at radius 3 is 2.64 bits per heavy atom. The first-order chi connectivity index (χ1) is 5.24. The lowest BCUT2D eigenvalue weighted by molar-refractivity contribution is -0.146. The quantitative estimate of drug-likeness (QED) is 0.678. The maximum Gasteiger partial charge on any atom is 0.306 e. The molecule has 1 rings (SSSR count). The Bertz CT molecular complexity index is 136. The van der Waals surface area contributed by atoms with Gasteiger partial charge in [0.25, 0.3) is 0 Å². The predicted octanol–water partition coefficient (Wildman–Crippen LogP) is 2.29. The molecule has 2 heteroatoms. The number of carbonyl (C=O) groups is 1. The predicted molar refractivity (Wildman–Crippen MR) is 43.4 cm³/mol. The van der Waals surface area contributed by atoms with E-state index in [1.54, 1.807) is 0 Å². The third-order valence-corrected chi connectivity index (χ3v) is 2.55. The maximum absolute atomic E-state index is 10.4. The van der Waals surface area contributed by atoms with Crippen LogP contribution < -0.4 is 0 Å². The van der Waals surface area contributed by atoms with Gasteiger partial charge in [0, 0.05) is 0 Å². The van der Waals surface area contributed by atoms with Gasteiger partial charge in [-0.2, -0.15) is 0 Å². The molecule has 0 aromatic rings. The fraction of sp³-hybridized carbons (Fsp3) is 0.889. The lowest BCUT2D eigenvalue weighted by atomic mass is 9.73. The number of aliphatic carboxylic acids is 1. The van der Waals surface area contributed by atoms with Gasteiger partial charge in [0.15, 0.2) is 0 Å². The van der Waals surface area contributed by atoms with Gasteiger partial charge in [-0.1, -0.05) is 26.2 Å². The molecule has 0 aromatic heterocycles. The van der Waals surface area contributed by atoms with E-state index in [9.17, 15) is 4.79 Å². The van der Waals surface area contributed by atoms with Crippen molar-refractivity contribution in [3.63, 3.8) is 0 Å². The highest BCUT2D eigenvalue weighted by molar-refractivity contribution is 5.71. The number of carboxylic acids is 1. The average molecular weight is 156 g/mol. The summed E-state index contributed by atoms with van der Waals surface area (Å²) in [4.78, 5) is 10.4. The Labute approximate surface area is 67.6 Å². The van der Waals surface area contributed by atoms with E-state index >= 15 is 0 Å². The maximum atomic E-state index is 10.4. The molecule has 0 aromatic carbocycles. The van der Waals surface area contributed by atoms with Gasteiger partial charge in [-0.15, -0.1) is 0 Å². The third kappa shape index (κ3) is 2.21. The van der Waals surface area contributed by atoms with Crippen LogP contribution in [0, 0.1) is 11.8 Å². The molecule has 0 amide bonds. The Hall–Kier alpha value is -0.530. The number of carboxylic acid groups (broad SMARTS) is 1. The van der Waals surface area contributed by atoms with Crippen molar-refractivity contribution in [2.24, 2.45) is 11.8 Å². The standard InChI is InChI=1S/C9H16O2/c1-2-3-4-7-5-8(6-7)9(10)11/h7-8H,2-6H2,1H3,(H,10,11)/t7-,8-. The minimum Gasteiger partial charge on any atom is -0.481 e. The molecule has 1 aliphatic carbocycles. The van der Waals surface area contributed by atoms with E-state index in [-0.39, 0.29) is 5.92 Å². The zero-order chi connectivity index (χ0) is 8.27. The Morgan fingerprint density at radius 1 is 1.55 bits per heavy atom. The van der Waals surface area contributed by atoms with Gasteiger partial charge in [0.1, 0.15) is 0 Å². The molecule has 0 atom stereocenters. The molecule has 1 saturated carbocycles. The summed E-state index contributed by atoms with van der Waals surface area (Å²) in [5.74, 6) is 0.102. The molecule has 11 heavy (non-hydrogen) atoms. The molecule has 0 aliphatic heterocycles. The zero-order valence-electron chi connectivity index (χ0n) is 7.05. The van der Waals surface area contributed by atoms with Crippen LogP contribution in [0.3, 0.4) is 0 Å². The summed E-state index contributed by atoms with van der Waals surface area (Å²) in [7, 11) is 0. The van der Waals surface area contributed by atoms with E-state index in [1.807, 2.05) is 0 Å². The monoisotopic (exact) mass is 156 g/mol. The molecule has 2 nitrogen and oxygen atoms in total. The minimum atomic E-state index is -0.599. The first-order valence-electron chi connectivity index (χ1n) is 4.46. The van der Waals surface area contributed by atoms with Crippen molar-refractivity contribution in [2.75, 3.05) is 0 Å². The Kier molecular flexibility index (Phi) is 2.92. The van der Waals surface area contributed by atoms with Crippen molar-refractivity contribution < 1.29 is 9.90 Å². The van der Waals surface area contributed by atoms with E-state index in [1.165, 1.54) is 19.3 Å². The Balaban J connectivity index is 2.05. The molecule has 1 aliphatic rings. The molecule has 0 spiro atoms. The van der Waals surface area contributed by atoms with Crippen molar-refractivity contribution >= 4 is 5.97 Å². The van der Waals surface area contributed by atoms with Crippen LogP contribution in [0.25, 0.3) is 0 Å². The second-order valence-corrected chi connectivity index (χ2v) is 3.51. The fourth-order valence-electron chi connectivity index (χ4n) is 1.67. The smallest absolute Gasteiger partial charge is 0.306 e. The van der Waals surface area contributed by atoms with E-state index in [0.29, 0.717) is 0 Å². The number of hydrogen-bond acceptors (Lipinski definition) is 1. The summed E-state index contributed by atoms with van der Waals surface area (Å²) in [6.45, 7) is 2.17. The third-order valence-electron chi connectivity index (χ3n) is 2.55. The molecular formula is C9H16O2. The summed E-state index contributed by atoms with van der Waals surface area (Å²) in [6.07, 6.45) is 5.58. The van der Waals surface area contributed by atoms with Crippen molar-refractivity contribution in [1.82, 2.24) is 0 Å². The lowest BCUT2D eigenvalue weighted by Gasteiger charge is -2.32. The van der Waals surface area contributed by atoms with Crippen LogP contribution in [0.1, 0.15) is 39.0 Å². The van der Waals surface area contributed by atoms with E-state index in [4.69, 9.17) is 5.11 Å². The molecule has 64 valence electrons. The summed E-state index contributed by atoms with van der Waals surface area (Å²) in [5.41, 5.74) is 0. The second kappa shape index (κ2) is 3.74. The number of unbranched alkanes of at least 4 members (excludes halogenated alkanes) is 1. The summed E-state index contributed by atoms with van der Waals surface area (Å²) < 4.78 is 0. The van der Waals surface area contributed by atoms with Crippen LogP contribution in [-0.2, 0) is 4.79 Å². The molecule has 0 saturated heterocycles. The van der Waals surface area contributed by atoms with Gasteiger partial charge < -0.3 is 5.11 Å². The molecule has 0 bridgehead atoms. The summed E-state index contributed by atoms with van der Waals surface area (Å²) >= 11 is 0. The number of hydrogen-bond donors (Lipinski definition) is 1. The first-order valence-corrected chi connectivity index (χ1v) is 4.46. The van der Waals surface area contributed by atoms with Crippen molar-refractivity contribution in [1.29, 1.82) is 0 Å². The van der Waals surface area contributed by atoms with Gasteiger partial charge in [0.2, 0.25) is 0 Å². The van der Waals surface area contributed by atoms with Gasteiger partial charge >= 0.3 is 5.97 Å². The van der Waals surface area contributed by atoms with Crippen LogP contribution in [0.2, 0.25) is 0 Å². The van der Waals surface area contributed by atoms with E-state index in [2.05, 4.69) is 6.92 Å². The molecular weight excluding hydrogens is 140 g/mol. The van der Waals surface area contributed by atoms with Crippen molar-refractivity contribution in [2.45, 2.75) is 39.0 Å². The number of rotatable bonds is 4. The van der Waals surface area contributed by atoms with Crippen molar-refractivity contribution in [3.8, 4) is 0 Å². The van der Waals surface area contributed by atoms with Gasteiger partial charge in [-0.25, -0.2) is 0 Å². The minimum absolute atomic E-state index is 0.0168. The molecule has 0 unspecified atom stereocenters. The summed E-state index contributed by atoms with van der Waals surface area (Å²) in [5, 5.41) is 8.58. The second-order valence-electron chi connectivity index (χ2n) is 3.51.